The zero-order valence-electron chi connectivity index (χ0n) is 12.2. The second-order valence-electron chi connectivity index (χ2n) is 6.27. The van der Waals surface area contributed by atoms with Gasteiger partial charge in [-0.25, -0.2) is 4.79 Å². The Bertz CT molecular complexity index is 315. The summed E-state index contributed by atoms with van der Waals surface area (Å²) in [5.41, 5.74) is 4.91. The molecule has 1 fully saturated rings. The molecule has 0 spiro atoms. The van der Waals surface area contributed by atoms with Crippen LogP contribution in [0.5, 0.6) is 0 Å². The van der Waals surface area contributed by atoms with E-state index in [1.54, 1.807) is 0 Å². The third kappa shape index (κ3) is 6.05. The molecule has 1 saturated carbocycles. The minimum Gasteiger partial charge on any atom is -0.444 e. The molecule has 1 rings (SSSR count). The number of carbonyl (C=O) groups excluding carboxylic acids is 2. The van der Waals surface area contributed by atoms with Gasteiger partial charge in [-0.3, -0.25) is 4.79 Å². The van der Waals surface area contributed by atoms with Gasteiger partial charge in [-0.05, 0) is 52.4 Å². The number of rotatable bonds is 4. The van der Waals surface area contributed by atoms with Crippen LogP contribution in [0.25, 0.3) is 0 Å². The van der Waals surface area contributed by atoms with Crippen LogP contribution >= 0.6 is 0 Å². The fourth-order valence-corrected chi connectivity index (χ4v) is 2.40. The second-order valence-corrected chi connectivity index (χ2v) is 6.27. The quantitative estimate of drug-likeness (QED) is 0.816. The van der Waals surface area contributed by atoms with Crippen molar-refractivity contribution in [3.8, 4) is 0 Å². The third-order valence-corrected chi connectivity index (χ3v) is 3.44. The molecule has 1 aliphatic carbocycles. The Morgan fingerprint density at radius 1 is 1.21 bits per heavy atom. The average molecular weight is 270 g/mol. The monoisotopic (exact) mass is 270 g/mol. The summed E-state index contributed by atoms with van der Waals surface area (Å²) in [7, 11) is 0. The Balaban J connectivity index is 2.23. The molecule has 0 bridgehead atoms. The van der Waals surface area contributed by atoms with Gasteiger partial charge in [0.2, 0.25) is 0 Å². The molecule has 5 heteroatoms. The van der Waals surface area contributed by atoms with Gasteiger partial charge in [0.1, 0.15) is 11.4 Å². The number of ether oxygens (including phenoxy) is 1. The molecule has 1 aliphatic rings. The number of nitrogens with two attached hydrogens (primary N) is 1. The molecule has 0 unspecified atom stereocenters. The Morgan fingerprint density at radius 2 is 1.79 bits per heavy atom. The number of nitrogens with one attached hydrogen (secondary N) is 1. The summed E-state index contributed by atoms with van der Waals surface area (Å²) in [6.07, 6.45) is 3.33. The molecule has 0 heterocycles. The van der Waals surface area contributed by atoms with E-state index in [1.165, 1.54) is 0 Å². The molecular weight excluding hydrogens is 244 g/mol. The number of ketones is 1. The van der Waals surface area contributed by atoms with Crippen LogP contribution in [0, 0.1) is 11.8 Å². The van der Waals surface area contributed by atoms with Gasteiger partial charge in [0.05, 0.1) is 6.54 Å². The lowest BCUT2D eigenvalue weighted by molar-refractivity contribution is -0.122. The number of hydrogen-bond acceptors (Lipinski definition) is 4. The maximum Gasteiger partial charge on any atom is 0.407 e. The highest BCUT2D eigenvalue weighted by molar-refractivity contribution is 5.82. The molecule has 1 amide bonds. The smallest absolute Gasteiger partial charge is 0.407 e. The summed E-state index contributed by atoms with van der Waals surface area (Å²) >= 11 is 0. The van der Waals surface area contributed by atoms with Crippen molar-refractivity contribution in [1.29, 1.82) is 0 Å². The first kappa shape index (κ1) is 16.0. The Morgan fingerprint density at radius 3 is 2.26 bits per heavy atom. The standard InChI is InChI=1S/C14H26N2O3/c1-14(2,3)19-13(18)16-9-10-4-6-11(7-5-10)12(17)8-15/h10-11H,4-9,15H2,1-3H3,(H,16,18). The maximum atomic E-state index is 11.5. The van der Waals surface area contributed by atoms with Crippen LogP contribution in [-0.2, 0) is 9.53 Å². The van der Waals surface area contributed by atoms with Crippen molar-refractivity contribution in [3.63, 3.8) is 0 Å². The highest BCUT2D eigenvalue weighted by atomic mass is 16.6. The minimum atomic E-state index is -0.463. The van der Waals surface area contributed by atoms with Gasteiger partial charge < -0.3 is 15.8 Å². The third-order valence-electron chi connectivity index (χ3n) is 3.44. The Labute approximate surface area is 115 Å². The topological polar surface area (TPSA) is 81.4 Å². The first-order valence-corrected chi connectivity index (χ1v) is 7.01. The van der Waals surface area contributed by atoms with Crippen LogP contribution in [0.2, 0.25) is 0 Å². The van der Waals surface area contributed by atoms with Crippen molar-refractivity contribution < 1.29 is 14.3 Å². The van der Waals surface area contributed by atoms with E-state index in [9.17, 15) is 9.59 Å². The van der Waals surface area contributed by atoms with E-state index in [-0.39, 0.29) is 24.3 Å². The fraction of sp³-hybridized carbons (Fsp3) is 0.857. The summed E-state index contributed by atoms with van der Waals surface area (Å²) in [5.74, 6) is 0.732. The van der Waals surface area contributed by atoms with Gasteiger partial charge in [-0.15, -0.1) is 0 Å². The largest absolute Gasteiger partial charge is 0.444 e. The molecule has 19 heavy (non-hydrogen) atoms. The maximum absolute atomic E-state index is 11.5. The normalized spacial score (nSPS) is 23.8. The highest BCUT2D eigenvalue weighted by Gasteiger charge is 2.26. The minimum absolute atomic E-state index is 0.128. The molecule has 3 N–H and O–H groups in total. The molecule has 0 aromatic rings. The second kappa shape index (κ2) is 6.89. The summed E-state index contributed by atoms with van der Waals surface area (Å²) in [5, 5.41) is 2.80. The summed E-state index contributed by atoms with van der Waals surface area (Å²) in [4.78, 5) is 23.0. The van der Waals surface area contributed by atoms with Crippen LogP contribution < -0.4 is 11.1 Å². The highest BCUT2D eigenvalue weighted by Crippen LogP contribution is 2.28. The van der Waals surface area contributed by atoms with E-state index in [2.05, 4.69) is 5.32 Å². The fourth-order valence-electron chi connectivity index (χ4n) is 2.40. The van der Waals surface area contributed by atoms with E-state index < -0.39 is 5.60 Å². The van der Waals surface area contributed by atoms with Gasteiger partial charge in [-0.2, -0.15) is 0 Å². The van der Waals surface area contributed by atoms with Crippen LogP contribution in [0.15, 0.2) is 0 Å². The van der Waals surface area contributed by atoms with Crippen molar-refractivity contribution in [3.05, 3.63) is 0 Å². The lowest BCUT2D eigenvalue weighted by Gasteiger charge is -2.28. The zero-order valence-corrected chi connectivity index (χ0v) is 12.2. The molecule has 0 saturated heterocycles. The van der Waals surface area contributed by atoms with E-state index in [1.807, 2.05) is 20.8 Å². The average Bonchev–Trinajstić information content (AvgIpc) is 2.34. The van der Waals surface area contributed by atoms with E-state index in [4.69, 9.17) is 10.5 Å². The molecule has 0 atom stereocenters. The number of hydrogen-bond donors (Lipinski definition) is 2. The van der Waals surface area contributed by atoms with E-state index in [0.29, 0.717) is 12.5 Å². The van der Waals surface area contributed by atoms with Crippen molar-refractivity contribution in [2.75, 3.05) is 13.1 Å². The predicted octanol–water partition coefficient (Wildman–Crippen LogP) is 1.85. The molecule has 110 valence electrons. The summed E-state index contributed by atoms with van der Waals surface area (Å²) < 4.78 is 5.18. The first-order valence-electron chi connectivity index (χ1n) is 7.01. The Hall–Kier alpha value is -1.10. The SMILES string of the molecule is CC(C)(C)OC(=O)NCC1CCC(C(=O)CN)CC1. The Kier molecular flexibility index (Phi) is 5.79. The molecule has 0 aliphatic heterocycles. The van der Waals surface area contributed by atoms with E-state index >= 15 is 0 Å². The molecule has 0 aromatic heterocycles. The van der Waals surface area contributed by atoms with Crippen molar-refractivity contribution >= 4 is 11.9 Å². The van der Waals surface area contributed by atoms with E-state index in [0.717, 1.165) is 25.7 Å². The lowest BCUT2D eigenvalue weighted by atomic mass is 9.80. The number of carbonyl (C=O) groups is 2. The predicted molar refractivity (Wildman–Crippen MR) is 73.7 cm³/mol. The molecule has 0 radical (unpaired) electrons. The molecule has 0 aromatic carbocycles. The van der Waals surface area contributed by atoms with Gasteiger partial charge in [-0.1, -0.05) is 0 Å². The van der Waals surface area contributed by atoms with Crippen LogP contribution in [0.4, 0.5) is 4.79 Å². The number of alkyl carbamates (subject to hydrolysis) is 1. The molecular formula is C14H26N2O3. The number of amides is 1. The van der Waals surface area contributed by atoms with Crippen LogP contribution in [0.3, 0.4) is 0 Å². The van der Waals surface area contributed by atoms with Gasteiger partial charge >= 0.3 is 6.09 Å². The number of Topliss-reactive ketones (excluding diaryl/α,β-unsaturated/α-hetero) is 1. The lowest BCUT2D eigenvalue weighted by Crippen LogP contribution is -2.37. The van der Waals surface area contributed by atoms with Crippen LogP contribution in [-0.4, -0.2) is 30.6 Å². The van der Waals surface area contributed by atoms with Crippen LogP contribution in [0.1, 0.15) is 46.5 Å². The van der Waals surface area contributed by atoms with Crippen molar-refractivity contribution in [2.24, 2.45) is 17.6 Å². The summed E-state index contributed by atoms with van der Waals surface area (Å²) in [6, 6.07) is 0. The zero-order chi connectivity index (χ0) is 14.5. The molecule has 5 nitrogen and oxygen atoms in total. The van der Waals surface area contributed by atoms with Gasteiger partial charge in [0, 0.05) is 12.5 Å². The first-order chi connectivity index (χ1) is 8.81. The van der Waals surface area contributed by atoms with Gasteiger partial charge in [0.15, 0.2) is 0 Å². The van der Waals surface area contributed by atoms with Crippen molar-refractivity contribution in [2.45, 2.75) is 52.1 Å². The van der Waals surface area contributed by atoms with Crippen molar-refractivity contribution in [1.82, 2.24) is 5.32 Å². The van der Waals surface area contributed by atoms with Gasteiger partial charge in [0.25, 0.3) is 0 Å². The summed E-state index contributed by atoms with van der Waals surface area (Å²) in [6.45, 7) is 6.30.